The van der Waals surface area contributed by atoms with E-state index in [1.54, 1.807) is 0 Å². The van der Waals surface area contributed by atoms with Crippen molar-refractivity contribution in [1.82, 2.24) is 5.32 Å². The topological polar surface area (TPSA) is 133 Å². The molecule has 0 bridgehead atoms. The lowest BCUT2D eigenvalue weighted by Gasteiger charge is -2.28. The van der Waals surface area contributed by atoms with Gasteiger partial charge >= 0.3 is 0 Å². The van der Waals surface area contributed by atoms with Crippen molar-refractivity contribution in [3.8, 4) is 0 Å². The molecule has 0 radical (unpaired) electrons. The van der Waals surface area contributed by atoms with Crippen LogP contribution in [-0.4, -0.2) is 52.5 Å². The van der Waals surface area contributed by atoms with E-state index >= 15 is 0 Å². The number of amides is 2. The highest BCUT2D eigenvalue weighted by atomic mass is 16.3. The van der Waals surface area contributed by atoms with Gasteiger partial charge in [0.1, 0.15) is 5.54 Å². The Hall–Kier alpha value is -1.96. The number of nitrogens with one attached hydrogen (secondary N) is 1. The van der Waals surface area contributed by atoms with Crippen molar-refractivity contribution in [3.63, 3.8) is 0 Å². The molecule has 104 valence electrons. The van der Waals surface area contributed by atoms with Crippen LogP contribution in [-0.2, 0) is 0 Å². The van der Waals surface area contributed by atoms with Gasteiger partial charge in [0.25, 0.3) is 5.91 Å². The maximum absolute atomic E-state index is 11.9. The Kier molecular flexibility index (Phi) is 4.99. The van der Waals surface area contributed by atoms with Crippen LogP contribution in [0.1, 0.15) is 20.7 Å². The first-order valence-electron chi connectivity index (χ1n) is 5.53. The van der Waals surface area contributed by atoms with Crippen LogP contribution in [0.3, 0.4) is 0 Å². The molecule has 0 saturated carbocycles. The smallest absolute Gasteiger partial charge is 0.251 e. The number of aliphatic hydroxyl groups is 3. The molecule has 2 amide bonds. The first-order chi connectivity index (χ1) is 8.98. The van der Waals surface area contributed by atoms with Crippen molar-refractivity contribution >= 4 is 11.8 Å². The molecule has 1 aromatic rings. The quantitative estimate of drug-likeness (QED) is 0.416. The third-order valence-corrected chi connectivity index (χ3v) is 2.70. The molecule has 0 aliphatic heterocycles. The molecule has 7 nitrogen and oxygen atoms in total. The summed E-state index contributed by atoms with van der Waals surface area (Å²) >= 11 is 0. The molecule has 0 aromatic heterocycles. The maximum atomic E-state index is 11.9. The molecule has 0 aliphatic rings. The predicted octanol–water partition coefficient (Wildman–Crippen LogP) is -1.77. The van der Waals surface area contributed by atoms with E-state index < -0.39 is 37.2 Å². The third-order valence-electron chi connectivity index (χ3n) is 2.70. The zero-order chi connectivity index (χ0) is 14.5. The number of rotatable bonds is 6. The average Bonchev–Trinajstić information content (AvgIpc) is 2.45. The van der Waals surface area contributed by atoms with Crippen LogP contribution < -0.4 is 11.1 Å². The second-order valence-electron chi connectivity index (χ2n) is 4.15. The molecule has 7 heteroatoms. The Morgan fingerprint density at radius 1 is 1.11 bits per heavy atom. The summed E-state index contributed by atoms with van der Waals surface area (Å²) in [6, 6.07) is 5.66. The summed E-state index contributed by atoms with van der Waals surface area (Å²) < 4.78 is 0. The van der Waals surface area contributed by atoms with Crippen molar-refractivity contribution in [1.29, 1.82) is 0 Å². The zero-order valence-electron chi connectivity index (χ0n) is 10.2. The lowest BCUT2D eigenvalue weighted by molar-refractivity contribution is 0.0375. The number of hydrogen-bond acceptors (Lipinski definition) is 5. The Morgan fingerprint density at radius 3 is 2.11 bits per heavy atom. The van der Waals surface area contributed by atoms with Gasteiger partial charge in [0.2, 0.25) is 5.91 Å². The third kappa shape index (κ3) is 3.50. The number of hydrogen-bond donors (Lipinski definition) is 5. The first-order valence-corrected chi connectivity index (χ1v) is 5.53. The molecule has 0 spiro atoms. The lowest BCUT2D eigenvalue weighted by Crippen LogP contribution is -2.57. The minimum absolute atomic E-state index is 0.135. The predicted molar refractivity (Wildman–Crippen MR) is 66.4 cm³/mol. The van der Waals surface area contributed by atoms with Gasteiger partial charge in [-0.05, 0) is 18.2 Å². The minimum Gasteiger partial charge on any atom is -0.394 e. The summed E-state index contributed by atoms with van der Waals surface area (Å²) in [7, 11) is 0. The van der Waals surface area contributed by atoms with Crippen LogP contribution in [0.25, 0.3) is 0 Å². The van der Waals surface area contributed by atoms with Crippen molar-refractivity contribution in [2.75, 3.05) is 19.8 Å². The van der Waals surface area contributed by atoms with Gasteiger partial charge in [-0.15, -0.1) is 0 Å². The van der Waals surface area contributed by atoms with E-state index in [1.807, 2.05) is 0 Å². The molecule has 0 aliphatic carbocycles. The van der Waals surface area contributed by atoms with Gasteiger partial charge in [-0.2, -0.15) is 0 Å². The van der Waals surface area contributed by atoms with Gasteiger partial charge in [-0.25, -0.2) is 0 Å². The molecule has 0 heterocycles. The van der Waals surface area contributed by atoms with Gasteiger partial charge in [0.05, 0.1) is 19.8 Å². The summed E-state index contributed by atoms with van der Waals surface area (Å²) in [5, 5.41) is 29.6. The first kappa shape index (κ1) is 15.1. The Balaban J connectivity index is 2.94. The average molecular weight is 268 g/mol. The van der Waals surface area contributed by atoms with Crippen LogP contribution in [0.4, 0.5) is 0 Å². The largest absolute Gasteiger partial charge is 0.394 e. The molecular weight excluding hydrogens is 252 g/mol. The summed E-state index contributed by atoms with van der Waals surface area (Å²) in [6.07, 6.45) is 0. The fraction of sp³-hybridized carbons (Fsp3) is 0.333. The standard InChI is InChI=1S/C12H16N2O5/c13-10(18)8-2-1-3-9(4-8)11(19)14-12(5-15,6-16)7-17/h1-4,15-17H,5-7H2,(H2,13,18)(H,14,19). The second kappa shape index (κ2) is 6.28. The van der Waals surface area contributed by atoms with Gasteiger partial charge in [0, 0.05) is 11.1 Å². The van der Waals surface area contributed by atoms with Crippen LogP contribution in [0.2, 0.25) is 0 Å². The second-order valence-corrected chi connectivity index (χ2v) is 4.15. The molecule has 0 atom stereocenters. The molecule has 19 heavy (non-hydrogen) atoms. The molecule has 0 fully saturated rings. The number of aliphatic hydroxyl groups excluding tert-OH is 3. The number of carbonyl (C=O) groups excluding carboxylic acids is 2. The lowest BCUT2D eigenvalue weighted by atomic mass is 10.0. The van der Waals surface area contributed by atoms with Crippen molar-refractivity contribution in [2.45, 2.75) is 5.54 Å². The van der Waals surface area contributed by atoms with Crippen molar-refractivity contribution in [2.24, 2.45) is 5.73 Å². The van der Waals surface area contributed by atoms with Gasteiger partial charge in [-0.1, -0.05) is 6.07 Å². The highest BCUT2D eigenvalue weighted by molar-refractivity contribution is 5.99. The number of nitrogens with two attached hydrogens (primary N) is 1. The molecule has 1 rings (SSSR count). The van der Waals surface area contributed by atoms with E-state index in [1.165, 1.54) is 24.3 Å². The SMILES string of the molecule is NC(=O)c1cccc(C(=O)NC(CO)(CO)CO)c1. The maximum Gasteiger partial charge on any atom is 0.251 e. The van der Waals surface area contributed by atoms with E-state index in [-0.39, 0.29) is 11.1 Å². The van der Waals surface area contributed by atoms with Crippen LogP contribution in [0, 0.1) is 0 Å². The van der Waals surface area contributed by atoms with Gasteiger partial charge in [0.15, 0.2) is 0 Å². The molecule has 0 unspecified atom stereocenters. The molecule has 0 saturated heterocycles. The van der Waals surface area contributed by atoms with Crippen LogP contribution in [0.15, 0.2) is 24.3 Å². The van der Waals surface area contributed by atoms with Gasteiger partial charge < -0.3 is 26.4 Å². The highest BCUT2D eigenvalue weighted by Gasteiger charge is 2.30. The van der Waals surface area contributed by atoms with Crippen LogP contribution >= 0.6 is 0 Å². The minimum atomic E-state index is -1.51. The Morgan fingerprint density at radius 2 is 1.63 bits per heavy atom. The molecule has 1 aromatic carbocycles. The van der Waals surface area contributed by atoms with Crippen LogP contribution in [0.5, 0.6) is 0 Å². The molecule has 6 N–H and O–H groups in total. The van der Waals surface area contributed by atoms with E-state index in [2.05, 4.69) is 5.32 Å². The number of carbonyl (C=O) groups is 2. The Labute approximate surface area is 109 Å². The van der Waals surface area contributed by atoms with E-state index in [9.17, 15) is 9.59 Å². The van der Waals surface area contributed by atoms with E-state index in [4.69, 9.17) is 21.1 Å². The fourth-order valence-corrected chi connectivity index (χ4v) is 1.40. The summed E-state index contributed by atoms with van der Waals surface area (Å²) in [6.45, 7) is -1.87. The van der Waals surface area contributed by atoms with Crippen molar-refractivity contribution < 1.29 is 24.9 Å². The van der Waals surface area contributed by atoms with Gasteiger partial charge in [-0.3, -0.25) is 9.59 Å². The zero-order valence-corrected chi connectivity index (χ0v) is 10.2. The van der Waals surface area contributed by atoms with Crippen molar-refractivity contribution in [3.05, 3.63) is 35.4 Å². The van der Waals surface area contributed by atoms with E-state index in [0.717, 1.165) is 0 Å². The number of benzene rings is 1. The highest BCUT2D eigenvalue weighted by Crippen LogP contribution is 2.08. The summed E-state index contributed by atoms with van der Waals surface area (Å²) in [5.74, 6) is -1.31. The molecular formula is C12H16N2O5. The monoisotopic (exact) mass is 268 g/mol. The van der Waals surface area contributed by atoms with E-state index in [0.29, 0.717) is 0 Å². The fourth-order valence-electron chi connectivity index (χ4n) is 1.40. The summed E-state index contributed by atoms with van der Waals surface area (Å²) in [5.41, 5.74) is 3.88. The normalized spacial score (nSPS) is 11.1. The summed E-state index contributed by atoms with van der Waals surface area (Å²) in [4.78, 5) is 22.9. The number of primary amides is 1. The Bertz CT molecular complexity index is 463.